The van der Waals surface area contributed by atoms with E-state index in [1.54, 1.807) is 12.1 Å². The molecule has 3 saturated heterocycles. The molecule has 6 nitrogen and oxygen atoms in total. The first-order valence-corrected chi connectivity index (χ1v) is 8.67. The Bertz CT molecular complexity index is 946. The molecule has 0 aromatic heterocycles. The molecule has 0 amide bonds. The summed E-state index contributed by atoms with van der Waals surface area (Å²) >= 11 is 0. The number of rotatable bonds is 1. The topological polar surface area (TPSA) is 102 Å². The first kappa shape index (κ1) is 15.5. The van der Waals surface area contributed by atoms with Crippen LogP contribution >= 0.6 is 0 Å². The third kappa shape index (κ3) is 1.42. The molecular weight excluding hydrogens is 335 g/mol. The molecule has 7 heteroatoms. The van der Waals surface area contributed by atoms with Crippen LogP contribution in [0.15, 0.2) is 29.3 Å². The summed E-state index contributed by atoms with van der Waals surface area (Å²) in [5.41, 5.74) is -2.35. The third-order valence-corrected chi connectivity index (χ3v) is 6.37. The summed E-state index contributed by atoms with van der Waals surface area (Å²) in [5.74, 6) is -1.90. The van der Waals surface area contributed by atoms with Crippen molar-refractivity contribution in [2.45, 2.75) is 37.6 Å². The molecule has 1 aromatic carbocycles. The second kappa shape index (κ2) is 4.69. The van der Waals surface area contributed by atoms with Gasteiger partial charge in [0.25, 0.3) is 0 Å². The van der Waals surface area contributed by atoms with Gasteiger partial charge in [-0.2, -0.15) is 15.5 Å². The van der Waals surface area contributed by atoms with Crippen LogP contribution in [-0.2, 0) is 9.47 Å². The summed E-state index contributed by atoms with van der Waals surface area (Å²) in [6.07, 6.45) is 2.13. The van der Waals surface area contributed by atoms with Gasteiger partial charge in [-0.15, -0.1) is 0 Å². The van der Waals surface area contributed by atoms with E-state index in [0.717, 1.165) is 12.8 Å². The number of ether oxygens (including phenoxy) is 2. The Morgan fingerprint density at radius 1 is 1.15 bits per heavy atom. The Balaban J connectivity index is 1.80. The zero-order chi connectivity index (χ0) is 18.2. The maximum absolute atomic E-state index is 13.4. The van der Waals surface area contributed by atoms with E-state index < -0.39 is 34.5 Å². The van der Waals surface area contributed by atoms with Crippen molar-refractivity contribution in [1.82, 2.24) is 0 Å². The summed E-state index contributed by atoms with van der Waals surface area (Å²) in [4.78, 5) is 4.21. The number of hydrogen-bond donors (Lipinski definition) is 1. The highest BCUT2D eigenvalue weighted by atomic mass is 19.1. The molecule has 4 aliphatic heterocycles. The van der Waals surface area contributed by atoms with Crippen LogP contribution < -0.4 is 0 Å². The van der Waals surface area contributed by atoms with Gasteiger partial charge in [0.05, 0.1) is 18.1 Å². The minimum atomic E-state index is -1.53. The summed E-state index contributed by atoms with van der Waals surface area (Å²) in [7, 11) is 0. The van der Waals surface area contributed by atoms with Gasteiger partial charge in [-0.05, 0) is 30.5 Å². The molecule has 4 bridgehead atoms. The van der Waals surface area contributed by atoms with Crippen molar-refractivity contribution in [3.05, 3.63) is 35.6 Å². The highest BCUT2D eigenvalue weighted by Gasteiger charge is 2.83. The third-order valence-electron chi connectivity index (χ3n) is 6.37. The van der Waals surface area contributed by atoms with Gasteiger partial charge in [0.1, 0.15) is 17.8 Å². The van der Waals surface area contributed by atoms with Crippen LogP contribution in [0, 0.1) is 50.6 Å². The number of nitriles is 2. The summed E-state index contributed by atoms with van der Waals surface area (Å²) in [5, 5.41) is 28.9. The highest BCUT2D eigenvalue weighted by Crippen LogP contribution is 2.72. The maximum atomic E-state index is 13.4. The van der Waals surface area contributed by atoms with Crippen molar-refractivity contribution in [2.24, 2.45) is 21.7 Å². The van der Waals surface area contributed by atoms with Crippen LogP contribution in [0.25, 0.3) is 0 Å². The van der Waals surface area contributed by atoms with Gasteiger partial charge in [0, 0.05) is 6.42 Å². The van der Waals surface area contributed by atoms with Crippen LogP contribution in [0.5, 0.6) is 0 Å². The van der Waals surface area contributed by atoms with E-state index in [4.69, 9.17) is 14.9 Å². The minimum Gasteiger partial charge on any atom is -0.447 e. The smallest absolute Gasteiger partial charge is 0.218 e. The van der Waals surface area contributed by atoms with Crippen LogP contribution in [0.1, 0.15) is 37.4 Å². The van der Waals surface area contributed by atoms with Gasteiger partial charge >= 0.3 is 0 Å². The van der Waals surface area contributed by atoms with Crippen molar-refractivity contribution in [1.29, 1.82) is 15.9 Å². The number of fused-ring (bicyclic) bond motifs is 1. The highest BCUT2D eigenvalue weighted by molar-refractivity contribution is 6.12. The van der Waals surface area contributed by atoms with Crippen molar-refractivity contribution in [3.8, 4) is 12.1 Å². The predicted octanol–water partition coefficient (Wildman–Crippen LogP) is 3.22. The molecule has 5 atom stereocenters. The molecule has 1 N–H and O–H groups in total. The largest absolute Gasteiger partial charge is 0.447 e. The van der Waals surface area contributed by atoms with E-state index in [1.165, 1.54) is 12.1 Å². The molecule has 1 aromatic rings. The lowest BCUT2D eigenvalue weighted by Gasteiger charge is -2.63. The average molecular weight is 350 g/mol. The Morgan fingerprint density at radius 3 is 2.58 bits per heavy atom. The molecule has 1 aliphatic carbocycles. The molecule has 1 saturated carbocycles. The van der Waals surface area contributed by atoms with Gasteiger partial charge in [0.15, 0.2) is 10.8 Å². The zero-order valence-corrected chi connectivity index (χ0v) is 13.8. The quantitative estimate of drug-likeness (QED) is 0.840. The van der Waals surface area contributed by atoms with Gasteiger partial charge < -0.3 is 9.47 Å². The molecule has 26 heavy (non-hydrogen) atoms. The molecule has 4 heterocycles. The summed E-state index contributed by atoms with van der Waals surface area (Å²) < 4.78 is 25.8. The molecular formula is C19H15FN4O2. The lowest BCUT2D eigenvalue weighted by atomic mass is 9.48. The number of nitrogens with zero attached hydrogens (tertiary/aromatic N) is 3. The molecule has 0 unspecified atom stereocenters. The van der Waals surface area contributed by atoms with Gasteiger partial charge in [0.2, 0.25) is 11.7 Å². The van der Waals surface area contributed by atoms with E-state index in [1.807, 2.05) is 0 Å². The average Bonchev–Trinajstić information content (AvgIpc) is 2.85. The van der Waals surface area contributed by atoms with Crippen LogP contribution in [0.2, 0.25) is 0 Å². The van der Waals surface area contributed by atoms with Crippen LogP contribution in [0.4, 0.5) is 4.39 Å². The van der Waals surface area contributed by atoms with Gasteiger partial charge in [-0.1, -0.05) is 18.6 Å². The Kier molecular flexibility index (Phi) is 2.79. The van der Waals surface area contributed by atoms with Crippen molar-refractivity contribution in [3.63, 3.8) is 0 Å². The number of hydrogen-bond acceptors (Lipinski definition) is 5. The fourth-order valence-electron chi connectivity index (χ4n) is 5.26. The maximum Gasteiger partial charge on any atom is 0.218 e. The Labute approximate surface area is 149 Å². The van der Waals surface area contributed by atoms with E-state index in [9.17, 15) is 14.9 Å². The monoisotopic (exact) mass is 350 g/mol. The van der Waals surface area contributed by atoms with Crippen molar-refractivity contribution in [2.75, 3.05) is 0 Å². The summed E-state index contributed by atoms with van der Waals surface area (Å²) in [6.45, 7) is 0. The van der Waals surface area contributed by atoms with E-state index >= 15 is 0 Å². The van der Waals surface area contributed by atoms with Crippen LogP contribution in [-0.4, -0.2) is 17.5 Å². The lowest BCUT2D eigenvalue weighted by Crippen LogP contribution is -2.72. The molecule has 6 rings (SSSR count). The fourth-order valence-corrected chi connectivity index (χ4v) is 5.26. The lowest BCUT2D eigenvalue weighted by molar-refractivity contribution is -0.355. The summed E-state index contributed by atoms with van der Waals surface area (Å²) in [6, 6.07) is 10.3. The molecule has 4 fully saturated rings. The Hall–Kier alpha value is -2.77. The molecule has 5 aliphatic rings. The van der Waals surface area contributed by atoms with Crippen LogP contribution in [0.3, 0.4) is 0 Å². The number of amidine groups is 1. The second-order valence-electron chi connectivity index (χ2n) is 7.37. The molecule has 0 radical (unpaired) electrons. The SMILES string of the molecule is N#C[C@@]12C3=NC(=N)[C@@]1(C#N)[C@H]1CCCC[C@@]1(O3)O[C@H]2c1ccc(F)cc1. The number of benzene rings is 1. The number of aliphatic imine (C=N–C) groups is 1. The standard InChI is InChI=1S/C19H15FN4O2/c20-12-6-4-11(5-7-12)14-18(10-22)16-24-15(23)17(18,9-21)13-3-1-2-8-19(13,25-14)26-16/h4-7,13-14,23H,1-3,8H2/t13-,14+,17-,18-,19+/m1/s1. The number of nitrogens with one attached hydrogen (secondary N) is 1. The van der Waals surface area contributed by atoms with E-state index in [2.05, 4.69) is 17.1 Å². The molecule has 130 valence electrons. The zero-order valence-electron chi connectivity index (χ0n) is 13.8. The predicted molar refractivity (Wildman–Crippen MR) is 87.3 cm³/mol. The van der Waals surface area contributed by atoms with Gasteiger partial charge in [-0.3, -0.25) is 5.41 Å². The first-order valence-electron chi connectivity index (χ1n) is 8.67. The number of halogens is 1. The normalized spacial score (nSPS) is 42.3. The Morgan fingerprint density at radius 2 is 1.88 bits per heavy atom. The van der Waals surface area contributed by atoms with E-state index in [0.29, 0.717) is 18.4 Å². The van der Waals surface area contributed by atoms with Gasteiger partial charge in [-0.25, -0.2) is 4.39 Å². The first-order chi connectivity index (χ1) is 12.5. The molecule has 1 spiro atoms. The second-order valence-corrected chi connectivity index (χ2v) is 7.37. The fraction of sp³-hybridized carbons (Fsp3) is 0.474. The van der Waals surface area contributed by atoms with Crippen molar-refractivity contribution < 1.29 is 13.9 Å². The van der Waals surface area contributed by atoms with Crippen molar-refractivity contribution >= 4 is 11.7 Å². The minimum absolute atomic E-state index is 0.102. The van der Waals surface area contributed by atoms with E-state index in [-0.39, 0.29) is 11.7 Å².